The number of nitrogens with one attached hydrogen (secondary N) is 3. The molecule has 0 aliphatic heterocycles. The number of para-hydroxylation sites is 1. The summed E-state index contributed by atoms with van der Waals surface area (Å²) in [5.41, 5.74) is 9.63. The average Bonchev–Trinajstić information content (AvgIpc) is 2.60. The van der Waals surface area contributed by atoms with Gasteiger partial charge in [-0.2, -0.15) is 0 Å². The number of carbonyl (C=O) groups excluding carboxylic acids is 1. The number of urea groups is 1. The Bertz CT molecular complexity index is 799. The molecular weight excluding hydrogens is 300 g/mol. The molecule has 5 nitrogen and oxygen atoms in total. The van der Waals surface area contributed by atoms with Gasteiger partial charge >= 0.3 is 6.03 Å². The molecule has 0 spiro atoms. The summed E-state index contributed by atoms with van der Waals surface area (Å²) in [4.78, 5) is 12.0. The fraction of sp³-hybridized carbons (Fsp3) is 0. The van der Waals surface area contributed by atoms with Crippen LogP contribution in [0.1, 0.15) is 0 Å². The lowest BCUT2D eigenvalue weighted by atomic mass is 10.2. The average molecular weight is 318 g/mol. The van der Waals surface area contributed by atoms with Crippen molar-refractivity contribution >= 4 is 34.5 Å². The predicted molar refractivity (Wildman–Crippen MR) is 99.7 cm³/mol. The van der Waals surface area contributed by atoms with E-state index in [0.717, 1.165) is 11.4 Å². The largest absolute Gasteiger partial charge is 0.399 e. The number of nitrogen functional groups attached to an aromatic ring is 1. The van der Waals surface area contributed by atoms with Crippen molar-refractivity contribution in [3.05, 3.63) is 78.9 Å². The molecule has 0 saturated carbocycles. The quantitative estimate of drug-likeness (QED) is 0.528. The topological polar surface area (TPSA) is 79.2 Å². The number of carbonyl (C=O) groups is 1. The summed E-state index contributed by atoms with van der Waals surface area (Å²) in [6.07, 6.45) is 0. The molecular formula is C19H18N4O. The molecule has 0 atom stereocenters. The Hall–Kier alpha value is -3.47. The van der Waals surface area contributed by atoms with E-state index in [1.54, 1.807) is 24.3 Å². The Labute approximate surface area is 140 Å². The van der Waals surface area contributed by atoms with E-state index < -0.39 is 0 Å². The van der Waals surface area contributed by atoms with E-state index in [1.165, 1.54) is 0 Å². The van der Waals surface area contributed by atoms with Gasteiger partial charge < -0.3 is 21.7 Å². The molecule has 0 radical (unpaired) electrons. The van der Waals surface area contributed by atoms with Crippen LogP contribution in [0.3, 0.4) is 0 Å². The number of benzene rings is 3. The SMILES string of the molecule is Nc1ccc(NC(=O)Nc2ccc(Nc3ccccc3)cc2)cc1. The van der Waals surface area contributed by atoms with Gasteiger partial charge in [-0.05, 0) is 60.7 Å². The van der Waals surface area contributed by atoms with Crippen molar-refractivity contribution in [2.75, 3.05) is 21.7 Å². The van der Waals surface area contributed by atoms with Gasteiger partial charge in [-0.15, -0.1) is 0 Å². The standard InChI is InChI=1S/C19H18N4O/c20-14-6-8-17(9-7-14)22-19(24)23-18-12-10-16(11-13-18)21-15-4-2-1-3-5-15/h1-13,21H,20H2,(H2,22,23,24). The number of amides is 2. The fourth-order valence-corrected chi connectivity index (χ4v) is 2.18. The highest BCUT2D eigenvalue weighted by Crippen LogP contribution is 2.19. The first-order valence-electron chi connectivity index (χ1n) is 7.55. The fourth-order valence-electron chi connectivity index (χ4n) is 2.18. The zero-order valence-electron chi connectivity index (χ0n) is 13.0. The number of rotatable bonds is 4. The summed E-state index contributed by atoms with van der Waals surface area (Å²) < 4.78 is 0. The van der Waals surface area contributed by atoms with Crippen LogP contribution in [-0.4, -0.2) is 6.03 Å². The molecule has 0 fully saturated rings. The molecule has 0 aliphatic carbocycles. The van der Waals surface area contributed by atoms with Gasteiger partial charge in [0, 0.05) is 28.4 Å². The monoisotopic (exact) mass is 318 g/mol. The second-order valence-electron chi connectivity index (χ2n) is 5.27. The summed E-state index contributed by atoms with van der Waals surface area (Å²) in [5.74, 6) is 0. The summed E-state index contributed by atoms with van der Waals surface area (Å²) in [5, 5.41) is 8.83. The van der Waals surface area contributed by atoms with E-state index in [4.69, 9.17) is 5.73 Å². The van der Waals surface area contributed by atoms with Gasteiger partial charge in [-0.1, -0.05) is 18.2 Å². The number of nitrogens with two attached hydrogens (primary N) is 1. The molecule has 5 N–H and O–H groups in total. The van der Waals surface area contributed by atoms with E-state index in [0.29, 0.717) is 17.1 Å². The van der Waals surface area contributed by atoms with Gasteiger partial charge in [0.25, 0.3) is 0 Å². The third-order valence-corrected chi connectivity index (χ3v) is 3.37. The van der Waals surface area contributed by atoms with Crippen LogP contribution in [-0.2, 0) is 0 Å². The first-order valence-corrected chi connectivity index (χ1v) is 7.55. The van der Waals surface area contributed by atoms with Crippen molar-refractivity contribution in [2.45, 2.75) is 0 Å². The van der Waals surface area contributed by atoms with Crippen LogP contribution in [0.25, 0.3) is 0 Å². The van der Waals surface area contributed by atoms with E-state index in [9.17, 15) is 4.79 Å². The van der Waals surface area contributed by atoms with E-state index in [-0.39, 0.29) is 6.03 Å². The Balaban J connectivity index is 1.57. The number of hydrogen-bond acceptors (Lipinski definition) is 3. The minimum Gasteiger partial charge on any atom is -0.399 e. The summed E-state index contributed by atoms with van der Waals surface area (Å²) >= 11 is 0. The maximum Gasteiger partial charge on any atom is 0.323 e. The van der Waals surface area contributed by atoms with Crippen LogP contribution in [0.15, 0.2) is 78.9 Å². The van der Waals surface area contributed by atoms with Crippen LogP contribution in [0.4, 0.5) is 33.2 Å². The number of hydrogen-bond donors (Lipinski definition) is 4. The molecule has 0 bridgehead atoms. The van der Waals surface area contributed by atoms with Crippen molar-refractivity contribution in [3.8, 4) is 0 Å². The molecule has 3 aromatic carbocycles. The first kappa shape index (κ1) is 15.4. The molecule has 120 valence electrons. The molecule has 5 heteroatoms. The molecule has 3 rings (SSSR count). The van der Waals surface area contributed by atoms with Gasteiger partial charge in [-0.25, -0.2) is 4.79 Å². The Morgan fingerprint density at radius 2 is 1.08 bits per heavy atom. The number of anilines is 5. The molecule has 0 saturated heterocycles. The Morgan fingerprint density at radius 1 is 0.625 bits per heavy atom. The first-order chi connectivity index (χ1) is 11.7. The summed E-state index contributed by atoms with van der Waals surface area (Å²) in [6.45, 7) is 0. The maximum atomic E-state index is 12.0. The van der Waals surface area contributed by atoms with Crippen molar-refractivity contribution in [1.29, 1.82) is 0 Å². The minimum atomic E-state index is -0.302. The van der Waals surface area contributed by atoms with Gasteiger partial charge in [0.05, 0.1) is 0 Å². The van der Waals surface area contributed by atoms with Gasteiger partial charge in [0.15, 0.2) is 0 Å². The van der Waals surface area contributed by atoms with E-state index in [1.807, 2.05) is 54.6 Å². The molecule has 0 aromatic heterocycles. The highest BCUT2D eigenvalue weighted by Gasteiger charge is 2.03. The summed E-state index contributed by atoms with van der Waals surface area (Å²) in [7, 11) is 0. The third-order valence-electron chi connectivity index (χ3n) is 3.37. The lowest BCUT2D eigenvalue weighted by molar-refractivity contribution is 0.262. The predicted octanol–water partition coefficient (Wildman–Crippen LogP) is 4.66. The zero-order valence-corrected chi connectivity index (χ0v) is 13.0. The van der Waals surface area contributed by atoms with Gasteiger partial charge in [0.1, 0.15) is 0 Å². The van der Waals surface area contributed by atoms with Crippen LogP contribution in [0.5, 0.6) is 0 Å². The molecule has 3 aromatic rings. The lowest BCUT2D eigenvalue weighted by Gasteiger charge is -2.10. The van der Waals surface area contributed by atoms with Crippen molar-refractivity contribution in [3.63, 3.8) is 0 Å². The van der Waals surface area contributed by atoms with Crippen LogP contribution >= 0.6 is 0 Å². The Kier molecular flexibility index (Phi) is 4.62. The highest BCUT2D eigenvalue weighted by atomic mass is 16.2. The molecule has 0 aliphatic rings. The third kappa shape index (κ3) is 4.27. The normalized spacial score (nSPS) is 10.0. The smallest absolute Gasteiger partial charge is 0.323 e. The molecule has 2 amide bonds. The Morgan fingerprint density at radius 3 is 1.67 bits per heavy atom. The minimum absolute atomic E-state index is 0.302. The highest BCUT2D eigenvalue weighted by molar-refractivity contribution is 5.99. The summed E-state index contributed by atoms with van der Waals surface area (Å²) in [6, 6.07) is 24.1. The van der Waals surface area contributed by atoms with E-state index >= 15 is 0 Å². The van der Waals surface area contributed by atoms with Crippen LogP contribution in [0.2, 0.25) is 0 Å². The molecule has 0 heterocycles. The van der Waals surface area contributed by atoms with Crippen molar-refractivity contribution in [1.82, 2.24) is 0 Å². The lowest BCUT2D eigenvalue weighted by Crippen LogP contribution is -2.19. The van der Waals surface area contributed by atoms with Crippen LogP contribution in [0, 0.1) is 0 Å². The van der Waals surface area contributed by atoms with Gasteiger partial charge in [-0.3, -0.25) is 0 Å². The molecule has 0 unspecified atom stereocenters. The zero-order chi connectivity index (χ0) is 16.8. The maximum absolute atomic E-state index is 12.0. The molecule has 24 heavy (non-hydrogen) atoms. The second-order valence-corrected chi connectivity index (χ2v) is 5.27. The van der Waals surface area contributed by atoms with Crippen molar-refractivity contribution in [2.24, 2.45) is 0 Å². The van der Waals surface area contributed by atoms with Gasteiger partial charge in [0.2, 0.25) is 0 Å². The van der Waals surface area contributed by atoms with Crippen molar-refractivity contribution < 1.29 is 4.79 Å². The van der Waals surface area contributed by atoms with Crippen LogP contribution < -0.4 is 21.7 Å². The second kappa shape index (κ2) is 7.19. The van der Waals surface area contributed by atoms with E-state index in [2.05, 4.69) is 16.0 Å².